The van der Waals surface area contributed by atoms with Gasteiger partial charge in [-0.3, -0.25) is 4.79 Å². The van der Waals surface area contributed by atoms with E-state index in [1.54, 1.807) is 0 Å². The maximum Gasteiger partial charge on any atom is 0.210 e. The third kappa shape index (κ3) is 3.30. The van der Waals surface area contributed by atoms with E-state index in [0.29, 0.717) is 17.4 Å². The highest BCUT2D eigenvalue weighted by atomic mass is 19.1. The highest BCUT2D eigenvalue weighted by Crippen LogP contribution is 2.45. The molecule has 0 N–H and O–H groups in total. The summed E-state index contributed by atoms with van der Waals surface area (Å²) < 4.78 is 30.3. The zero-order valence-electron chi connectivity index (χ0n) is 18.6. The molecule has 172 valence electrons. The van der Waals surface area contributed by atoms with Crippen molar-refractivity contribution in [3.05, 3.63) is 65.5 Å². The summed E-state index contributed by atoms with van der Waals surface area (Å²) >= 11 is 0. The van der Waals surface area contributed by atoms with E-state index in [2.05, 4.69) is 28.0 Å². The van der Waals surface area contributed by atoms with Crippen molar-refractivity contribution < 1.29 is 13.6 Å². The Balaban J connectivity index is 1.39. The molecule has 3 saturated heterocycles. The second kappa shape index (κ2) is 7.80. The van der Waals surface area contributed by atoms with E-state index in [0.717, 1.165) is 68.3 Å². The molecule has 3 unspecified atom stereocenters. The molecule has 3 aliphatic heterocycles. The third-order valence-electron chi connectivity index (χ3n) is 7.77. The number of anilines is 1. The fourth-order valence-electron chi connectivity index (χ4n) is 6.38. The number of hydrogen-bond acceptors (Lipinski definition) is 4. The SMILES string of the molecule is CN1CC2CN(C=O)C(c3cnn4ccc(N5CCC[C@@H]5c5cc(F)ccc5F)cc34)C2C1. The Kier molecular flexibility index (Phi) is 4.87. The van der Waals surface area contributed by atoms with Gasteiger partial charge in [-0.15, -0.1) is 0 Å². The van der Waals surface area contributed by atoms with Gasteiger partial charge in [-0.05, 0) is 56.1 Å². The van der Waals surface area contributed by atoms with Gasteiger partial charge in [0.15, 0.2) is 0 Å². The van der Waals surface area contributed by atoms with Crippen LogP contribution in [0.25, 0.3) is 5.52 Å². The molecule has 2 aromatic heterocycles. The summed E-state index contributed by atoms with van der Waals surface area (Å²) in [6.07, 6.45) is 6.46. The fraction of sp³-hybridized carbons (Fsp3) is 0.440. The summed E-state index contributed by atoms with van der Waals surface area (Å²) in [6.45, 7) is 3.52. The smallest absolute Gasteiger partial charge is 0.210 e. The standard InChI is InChI=1S/C25H27F2N5O/c1-29-12-16-13-30(15-33)25(21(16)14-29)20-11-28-32-8-6-18(10-24(20)32)31-7-2-3-23(31)19-9-17(26)4-5-22(19)27/h4-6,8-11,15-16,21,23,25H,2-3,7,12-14H2,1H3/t16?,21?,23-,25?/m1/s1. The van der Waals surface area contributed by atoms with Gasteiger partial charge in [0.2, 0.25) is 6.41 Å². The first-order chi connectivity index (χ1) is 16.0. The van der Waals surface area contributed by atoms with Crippen molar-refractivity contribution in [3.8, 4) is 0 Å². The number of hydrogen-bond donors (Lipinski definition) is 0. The van der Waals surface area contributed by atoms with Crippen LogP contribution in [0.3, 0.4) is 0 Å². The minimum atomic E-state index is -0.418. The number of carbonyl (C=O) groups is 1. The Labute approximate surface area is 191 Å². The predicted molar refractivity (Wildman–Crippen MR) is 121 cm³/mol. The number of rotatable bonds is 4. The van der Waals surface area contributed by atoms with Gasteiger partial charge in [0, 0.05) is 55.1 Å². The molecule has 0 spiro atoms. The molecule has 3 aliphatic rings. The monoisotopic (exact) mass is 451 g/mol. The van der Waals surface area contributed by atoms with Crippen LogP contribution >= 0.6 is 0 Å². The number of nitrogens with zero attached hydrogens (tertiary/aromatic N) is 5. The van der Waals surface area contributed by atoms with Crippen LogP contribution in [0.1, 0.15) is 36.1 Å². The molecule has 5 heterocycles. The van der Waals surface area contributed by atoms with E-state index < -0.39 is 5.82 Å². The number of amides is 1. The zero-order valence-corrected chi connectivity index (χ0v) is 18.6. The second-order valence-electron chi connectivity index (χ2n) is 9.72. The first-order valence-corrected chi connectivity index (χ1v) is 11.6. The van der Waals surface area contributed by atoms with E-state index in [9.17, 15) is 13.6 Å². The molecule has 0 aliphatic carbocycles. The van der Waals surface area contributed by atoms with E-state index >= 15 is 0 Å². The molecule has 6 nitrogen and oxygen atoms in total. The van der Waals surface area contributed by atoms with Crippen LogP contribution in [-0.2, 0) is 4.79 Å². The van der Waals surface area contributed by atoms with E-state index in [1.807, 2.05) is 27.9 Å². The van der Waals surface area contributed by atoms with Gasteiger partial charge in [-0.1, -0.05) is 0 Å². The van der Waals surface area contributed by atoms with Crippen LogP contribution in [0.2, 0.25) is 0 Å². The number of pyridine rings is 1. The molecule has 6 rings (SSSR count). The predicted octanol–water partition coefficient (Wildman–Crippen LogP) is 3.64. The molecule has 0 radical (unpaired) electrons. The first-order valence-electron chi connectivity index (χ1n) is 11.6. The molecule has 3 fully saturated rings. The van der Waals surface area contributed by atoms with Gasteiger partial charge in [-0.2, -0.15) is 5.10 Å². The topological polar surface area (TPSA) is 44.1 Å². The lowest BCUT2D eigenvalue weighted by Gasteiger charge is -2.28. The highest BCUT2D eigenvalue weighted by molar-refractivity contribution is 5.66. The van der Waals surface area contributed by atoms with E-state index in [-0.39, 0.29) is 17.9 Å². The molecule has 8 heteroatoms. The maximum atomic E-state index is 14.6. The number of fused-ring (bicyclic) bond motifs is 2. The quantitative estimate of drug-likeness (QED) is 0.568. The van der Waals surface area contributed by atoms with Crippen molar-refractivity contribution in [2.24, 2.45) is 11.8 Å². The molecule has 3 aromatic rings. The lowest BCUT2D eigenvalue weighted by Crippen LogP contribution is -2.29. The van der Waals surface area contributed by atoms with Crippen molar-refractivity contribution in [1.29, 1.82) is 0 Å². The Bertz CT molecular complexity index is 1210. The molecule has 0 bridgehead atoms. The number of carbonyl (C=O) groups excluding carboxylic acids is 1. The molecule has 1 amide bonds. The number of halogens is 2. The van der Waals surface area contributed by atoms with E-state index in [1.165, 1.54) is 12.1 Å². The molecule has 33 heavy (non-hydrogen) atoms. The molecular weight excluding hydrogens is 424 g/mol. The average Bonchev–Trinajstić information content (AvgIpc) is 3.57. The van der Waals surface area contributed by atoms with Crippen molar-refractivity contribution in [2.45, 2.75) is 24.9 Å². The van der Waals surface area contributed by atoms with Crippen LogP contribution in [0.15, 0.2) is 42.7 Å². The first kappa shape index (κ1) is 20.6. The fourth-order valence-corrected chi connectivity index (χ4v) is 6.38. The van der Waals surface area contributed by atoms with Crippen molar-refractivity contribution in [3.63, 3.8) is 0 Å². The minimum Gasteiger partial charge on any atom is -0.364 e. The zero-order chi connectivity index (χ0) is 22.7. The molecule has 1 aromatic carbocycles. The largest absolute Gasteiger partial charge is 0.364 e. The summed E-state index contributed by atoms with van der Waals surface area (Å²) in [5, 5.41) is 4.57. The average molecular weight is 452 g/mol. The number of likely N-dealkylation sites (tertiary alicyclic amines) is 2. The van der Waals surface area contributed by atoms with Gasteiger partial charge in [0.05, 0.1) is 23.8 Å². The highest BCUT2D eigenvalue weighted by Gasteiger charge is 2.47. The summed E-state index contributed by atoms with van der Waals surface area (Å²) in [7, 11) is 2.13. The number of aromatic nitrogens is 2. The van der Waals surface area contributed by atoms with Crippen molar-refractivity contribution in [1.82, 2.24) is 19.4 Å². The van der Waals surface area contributed by atoms with Gasteiger partial charge >= 0.3 is 0 Å². The summed E-state index contributed by atoms with van der Waals surface area (Å²) in [5.41, 5.74) is 3.39. The normalized spacial score (nSPS) is 27.6. The van der Waals surface area contributed by atoms with Crippen LogP contribution in [0.5, 0.6) is 0 Å². The van der Waals surface area contributed by atoms with E-state index in [4.69, 9.17) is 0 Å². The van der Waals surface area contributed by atoms with Crippen LogP contribution in [0, 0.1) is 23.5 Å². The summed E-state index contributed by atoms with van der Waals surface area (Å²) in [6, 6.07) is 7.56. The van der Waals surface area contributed by atoms with Crippen LogP contribution < -0.4 is 4.90 Å². The van der Waals surface area contributed by atoms with Crippen molar-refractivity contribution >= 4 is 17.6 Å². The Morgan fingerprint density at radius 2 is 1.97 bits per heavy atom. The molecule has 0 saturated carbocycles. The maximum absolute atomic E-state index is 14.6. The Morgan fingerprint density at radius 1 is 1.09 bits per heavy atom. The van der Waals surface area contributed by atoms with Crippen LogP contribution in [-0.4, -0.2) is 59.1 Å². The molecule has 4 atom stereocenters. The third-order valence-corrected chi connectivity index (χ3v) is 7.77. The Morgan fingerprint density at radius 3 is 2.82 bits per heavy atom. The van der Waals surface area contributed by atoms with Crippen molar-refractivity contribution in [2.75, 3.05) is 38.1 Å². The lowest BCUT2D eigenvalue weighted by atomic mass is 9.90. The molecular formula is C25H27F2N5O. The van der Waals surface area contributed by atoms with Crippen LogP contribution in [0.4, 0.5) is 14.5 Å². The summed E-state index contributed by atoms with van der Waals surface area (Å²) in [5.74, 6) is 0.0708. The summed E-state index contributed by atoms with van der Waals surface area (Å²) in [4.78, 5) is 18.3. The lowest BCUT2D eigenvalue weighted by molar-refractivity contribution is -0.119. The Hall–Kier alpha value is -3.00. The van der Waals surface area contributed by atoms with Gasteiger partial charge < -0.3 is 14.7 Å². The van der Waals surface area contributed by atoms with Gasteiger partial charge in [-0.25, -0.2) is 13.3 Å². The number of benzene rings is 1. The van der Waals surface area contributed by atoms with Gasteiger partial charge in [0.25, 0.3) is 0 Å². The van der Waals surface area contributed by atoms with Gasteiger partial charge in [0.1, 0.15) is 11.6 Å². The minimum absolute atomic E-state index is 0.000221. The second-order valence-corrected chi connectivity index (χ2v) is 9.72.